The maximum absolute atomic E-state index is 11.9. The predicted octanol–water partition coefficient (Wildman–Crippen LogP) is 4.94. The topological polar surface area (TPSA) is 73.2 Å². The van der Waals surface area contributed by atoms with Crippen molar-refractivity contribution in [1.82, 2.24) is 4.31 Å². The van der Waals surface area contributed by atoms with Gasteiger partial charge in [0.05, 0.1) is 17.9 Å². The van der Waals surface area contributed by atoms with Crippen LogP contribution in [0.4, 0.5) is 11.4 Å². The van der Waals surface area contributed by atoms with Gasteiger partial charge in [-0.25, -0.2) is 8.42 Å². The van der Waals surface area contributed by atoms with Crippen molar-refractivity contribution in [2.24, 2.45) is 0 Å². The fourth-order valence-corrected chi connectivity index (χ4v) is 4.71. The highest BCUT2D eigenvalue weighted by Gasteiger charge is 2.24. The van der Waals surface area contributed by atoms with Crippen LogP contribution in [0.3, 0.4) is 0 Å². The molecule has 1 N–H and O–H groups in total. The van der Waals surface area contributed by atoms with Crippen molar-refractivity contribution < 1.29 is 8.42 Å². The van der Waals surface area contributed by atoms with Crippen molar-refractivity contribution in [3.63, 3.8) is 0 Å². The molecule has 3 aromatic carbocycles. The molecular formula is C23H20ClN3O2S. The van der Waals surface area contributed by atoms with Gasteiger partial charge in [0, 0.05) is 35.1 Å². The first-order chi connectivity index (χ1) is 14.3. The molecule has 30 heavy (non-hydrogen) atoms. The zero-order valence-electron chi connectivity index (χ0n) is 16.4. The summed E-state index contributed by atoms with van der Waals surface area (Å²) in [6.07, 6.45) is 1.90. The fraction of sp³-hybridized carbons (Fsp3) is 0.174. The van der Waals surface area contributed by atoms with Crippen LogP contribution in [0.5, 0.6) is 0 Å². The fourth-order valence-electron chi connectivity index (χ4n) is 3.69. The SMILES string of the molecule is CS(=O)(=O)N1CCc2c(cccc2Nc2ccc(Cl)c(-c3ccc(C#N)cc3)c2)C1. The molecule has 0 fully saturated rings. The Hall–Kier alpha value is -2.85. The molecular weight excluding hydrogens is 418 g/mol. The van der Waals surface area contributed by atoms with E-state index in [2.05, 4.69) is 11.4 Å². The van der Waals surface area contributed by atoms with E-state index in [4.69, 9.17) is 16.9 Å². The normalized spacial score (nSPS) is 14.0. The summed E-state index contributed by atoms with van der Waals surface area (Å²) in [6, 6.07) is 21.1. The number of halogens is 1. The second-order valence-corrected chi connectivity index (χ2v) is 9.69. The van der Waals surface area contributed by atoms with Crippen molar-refractivity contribution in [2.75, 3.05) is 18.1 Å². The average Bonchev–Trinajstić information content (AvgIpc) is 2.74. The quantitative estimate of drug-likeness (QED) is 0.627. The molecule has 152 valence electrons. The number of hydrogen-bond acceptors (Lipinski definition) is 4. The van der Waals surface area contributed by atoms with E-state index >= 15 is 0 Å². The third-order valence-electron chi connectivity index (χ3n) is 5.27. The Kier molecular flexibility index (Phi) is 5.52. The summed E-state index contributed by atoms with van der Waals surface area (Å²) in [6.45, 7) is 0.864. The van der Waals surface area contributed by atoms with Gasteiger partial charge in [-0.1, -0.05) is 35.9 Å². The number of anilines is 2. The van der Waals surface area contributed by atoms with Crippen molar-refractivity contribution in [2.45, 2.75) is 13.0 Å². The molecule has 0 atom stereocenters. The highest BCUT2D eigenvalue weighted by atomic mass is 35.5. The number of fused-ring (bicyclic) bond motifs is 1. The zero-order valence-corrected chi connectivity index (χ0v) is 18.0. The van der Waals surface area contributed by atoms with Crippen molar-refractivity contribution >= 4 is 33.0 Å². The van der Waals surface area contributed by atoms with E-state index in [9.17, 15) is 8.42 Å². The molecule has 0 aliphatic carbocycles. The second kappa shape index (κ2) is 8.11. The number of rotatable bonds is 4. The predicted molar refractivity (Wildman–Crippen MR) is 120 cm³/mol. The van der Waals surface area contributed by atoms with E-state index in [1.54, 1.807) is 12.1 Å². The van der Waals surface area contributed by atoms with E-state index in [1.165, 1.54) is 10.6 Å². The minimum absolute atomic E-state index is 0.390. The van der Waals surface area contributed by atoms with Gasteiger partial charge in [-0.15, -0.1) is 0 Å². The third kappa shape index (κ3) is 4.19. The van der Waals surface area contributed by atoms with Gasteiger partial charge >= 0.3 is 0 Å². The van der Waals surface area contributed by atoms with Crippen LogP contribution in [0.1, 0.15) is 16.7 Å². The zero-order chi connectivity index (χ0) is 21.3. The first-order valence-corrected chi connectivity index (χ1v) is 11.7. The van der Waals surface area contributed by atoms with Gasteiger partial charge in [0.1, 0.15) is 0 Å². The van der Waals surface area contributed by atoms with Crippen LogP contribution in [0.25, 0.3) is 11.1 Å². The average molecular weight is 438 g/mol. The first kappa shape index (κ1) is 20.4. The van der Waals surface area contributed by atoms with Gasteiger partial charge in [0.25, 0.3) is 0 Å². The molecule has 3 aromatic rings. The summed E-state index contributed by atoms with van der Waals surface area (Å²) in [7, 11) is -3.21. The summed E-state index contributed by atoms with van der Waals surface area (Å²) in [5.74, 6) is 0. The second-order valence-electron chi connectivity index (χ2n) is 7.30. The number of nitrogens with zero attached hydrogens (tertiary/aromatic N) is 2. The van der Waals surface area contributed by atoms with Crippen LogP contribution in [0.2, 0.25) is 5.02 Å². The van der Waals surface area contributed by atoms with Gasteiger partial charge in [-0.3, -0.25) is 0 Å². The Balaban J connectivity index is 1.64. The molecule has 0 bridgehead atoms. The Bertz CT molecular complexity index is 1250. The smallest absolute Gasteiger partial charge is 0.211 e. The van der Waals surface area contributed by atoms with E-state index < -0.39 is 10.0 Å². The minimum Gasteiger partial charge on any atom is -0.355 e. The molecule has 0 radical (unpaired) electrons. The largest absolute Gasteiger partial charge is 0.355 e. The molecule has 1 aliphatic heterocycles. The van der Waals surface area contributed by atoms with Crippen LogP contribution in [-0.2, 0) is 23.0 Å². The molecule has 1 heterocycles. The van der Waals surface area contributed by atoms with Crippen LogP contribution < -0.4 is 5.32 Å². The van der Waals surface area contributed by atoms with Crippen LogP contribution in [-0.4, -0.2) is 25.5 Å². The van der Waals surface area contributed by atoms with Gasteiger partial charge in [-0.05, 0) is 59.5 Å². The molecule has 0 saturated heterocycles. The summed E-state index contributed by atoms with van der Waals surface area (Å²) in [5.41, 5.74) is 6.40. The van der Waals surface area contributed by atoms with Gasteiger partial charge in [0.15, 0.2) is 0 Å². The van der Waals surface area contributed by atoms with Gasteiger partial charge < -0.3 is 5.32 Å². The van der Waals surface area contributed by atoms with E-state index in [1.807, 2.05) is 48.5 Å². The van der Waals surface area contributed by atoms with Crippen molar-refractivity contribution in [3.8, 4) is 17.2 Å². The summed E-state index contributed by atoms with van der Waals surface area (Å²) >= 11 is 6.43. The molecule has 4 rings (SSSR count). The molecule has 0 saturated carbocycles. The molecule has 0 unspecified atom stereocenters. The number of hydrogen-bond donors (Lipinski definition) is 1. The van der Waals surface area contributed by atoms with E-state index in [-0.39, 0.29) is 0 Å². The van der Waals surface area contributed by atoms with Crippen LogP contribution in [0.15, 0.2) is 60.7 Å². The third-order valence-corrected chi connectivity index (χ3v) is 6.85. The summed E-state index contributed by atoms with van der Waals surface area (Å²) in [5, 5.41) is 13.1. The first-order valence-electron chi connectivity index (χ1n) is 9.48. The van der Waals surface area contributed by atoms with Crippen LogP contribution >= 0.6 is 11.6 Å². The summed E-state index contributed by atoms with van der Waals surface area (Å²) < 4.78 is 25.3. The lowest BCUT2D eigenvalue weighted by Gasteiger charge is -2.28. The highest BCUT2D eigenvalue weighted by molar-refractivity contribution is 7.88. The number of nitrogens with one attached hydrogen (secondary N) is 1. The molecule has 0 amide bonds. The monoisotopic (exact) mass is 437 g/mol. The van der Waals surface area contributed by atoms with E-state index in [0.717, 1.165) is 33.6 Å². The lowest BCUT2D eigenvalue weighted by Crippen LogP contribution is -2.35. The maximum atomic E-state index is 11.9. The Morgan fingerprint density at radius 1 is 1.10 bits per heavy atom. The van der Waals surface area contributed by atoms with Crippen molar-refractivity contribution in [1.29, 1.82) is 5.26 Å². The lowest BCUT2D eigenvalue weighted by molar-refractivity contribution is 0.395. The minimum atomic E-state index is -3.21. The van der Waals surface area contributed by atoms with Crippen molar-refractivity contribution in [3.05, 3.63) is 82.4 Å². The van der Waals surface area contributed by atoms with E-state index in [0.29, 0.717) is 30.1 Å². The molecule has 0 aromatic heterocycles. The summed E-state index contributed by atoms with van der Waals surface area (Å²) in [4.78, 5) is 0. The van der Waals surface area contributed by atoms with Gasteiger partial charge in [-0.2, -0.15) is 9.57 Å². The van der Waals surface area contributed by atoms with Gasteiger partial charge in [0.2, 0.25) is 10.0 Å². The Morgan fingerprint density at radius 2 is 1.87 bits per heavy atom. The number of benzene rings is 3. The van der Waals surface area contributed by atoms with Crippen LogP contribution in [0, 0.1) is 11.3 Å². The number of sulfonamides is 1. The lowest BCUT2D eigenvalue weighted by atomic mass is 9.98. The molecule has 1 aliphatic rings. The molecule has 5 nitrogen and oxygen atoms in total. The standard InChI is InChI=1S/C23H20ClN3O2S/c1-30(28,29)27-12-11-20-18(15-27)3-2-4-23(20)26-19-9-10-22(24)21(13-19)17-7-5-16(14-25)6-8-17/h2-10,13,26H,11-12,15H2,1H3. The Morgan fingerprint density at radius 3 is 2.57 bits per heavy atom. The molecule has 0 spiro atoms. The number of nitriles is 1. The maximum Gasteiger partial charge on any atom is 0.211 e. The highest BCUT2D eigenvalue weighted by Crippen LogP contribution is 2.34. The molecule has 7 heteroatoms. The Labute approximate surface area is 181 Å².